The number of hydrogen-bond acceptors (Lipinski definition) is 8. The normalized spacial score (nSPS) is 17.4. The summed E-state index contributed by atoms with van der Waals surface area (Å²) in [5.41, 5.74) is 1.13. The number of halogens is 5. The average Bonchev–Trinajstić information content (AvgIpc) is 3.69. The lowest BCUT2D eigenvalue weighted by Gasteiger charge is -2.42. The van der Waals surface area contributed by atoms with E-state index in [0.717, 1.165) is 11.8 Å². The Bertz CT molecular complexity index is 1770. The number of nitrogens with one attached hydrogen (secondary N) is 4. The standard InChI is InChI=1S/C31H36F5N9O3/c1-4-18-11-20(42-26-27-39-15-23(45(27)10-8-37-26)22-14-41-43-25(22)31(34,35)36)5-6-21(18)28(46)40-12-17(2)7-9-44(3)16-19-13-38-24(19)30(32,33)29(47)48/h5-6,8,10-11,14-15,17,19,24,38H,4,7,9,12-13,16H2,1-3H3,(H,37,42)(H,40,46)(H,41,43)(H,47,48). The highest BCUT2D eigenvalue weighted by Gasteiger charge is 2.55. The van der Waals surface area contributed by atoms with Crippen LogP contribution in [0.25, 0.3) is 16.9 Å². The molecule has 1 aromatic carbocycles. The Morgan fingerprint density at radius 3 is 2.65 bits per heavy atom. The van der Waals surface area contributed by atoms with Crippen molar-refractivity contribution in [3.05, 3.63) is 59.8 Å². The van der Waals surface area contributed by atoms with Gasteiger partial charge in [0.15, 0.2) is 17.2 Å². The molecule has 1 aliphatic heterocycles. The number of aromatic amines is 1. The van der Waals surface area contributed by atoms with Gasteiger partial charge in [-0.25, -0.2) is 14.8 Å². The molecule has 0 spiro atoms. The number of carbonyl (C=O) groups is 2. The zero-order chi connectivity index (χ0) is 34.8. The van der Waals surface area contributed by atoms with Gasteiger partial charge in [-0.05, 0) is 56.1 Å². The van der Waals surface area contributed by atoms with Crippen molar-refractivity contribution in [2.24, 2.45) is 11.8 Å². The number of carboxylic acid groups (broad SMARTS) is 1. The predicted octanol–water partition coefficient (Wildman–Crippen LogP) is 4.44. The van der Waals surface area contributed by atoms with Gasteiger partial charge >= 0.3 is 18.1 Å². The molecule has 3 aromatic heterocycles. The summed E-state index contributed by atoms with van der Waals surface area (Å²) in [5.74, 6) is -6.30. The van der Waals surface area contributed by atoms with Crippen LogP contribution in [0.15, 0.2) is 43.0 Å². The average molecular weight is 678 g/mol. The van der Waals surface area contributed by atoms with Crippen LogP contribution in [0.3, 0.4) is 0 Å². The second-order valence-electron chi connectivity index (χ2n) is 12.0. The topological polar surface area (TPSA) is 153 Å². The lowest BCUT2D eigenvalue weighted by atomic mass is 9.86. The minimum absolute atomic E-state index is 0.0819. The molecule has 258 valence electrons. The lowest BCUT2D eigenvalue weighted by Crippen LogP contribution is -2.66. The number of carbonyl (C=O) groups excluding carboxylic acids is 1. The third kappa shape index (κ3) is 7.26. The van der Waals surface area contributed by atoms with E-state index in [1.54, 1.807) is 25.2 Å². The molecule has 3 unspecified atom stereocenters. The SMILES string of the molecule is CCc1cc(Nc2nccn3c(-c4c[nH]nc4C(F)(F)F)cnc23)ccc1C(=O)NCC(C)CCN(C)CC1CNC1C(F)(F)C(=O)O. The fourth-order valence-electron chi connectivity index (χ4n) is 5.76. The van der Waals surface area contributed by atoms with Gasteiger partial charge in [0, 0.05) is 55.4 Å². The van der Waals surface area contributed by atoms with Crippen LogP contribution in [0.5, 0.6) is 0 Å². The molecule has 0 saturated carbocycles. The van der Waals surface area contributed by atoms with E-state index in [2.05, 4.69) is 36.1 Å². The summed E-state index contributed by atoms with van der Waals surface area (Å²) in [6.45, 7) is 5.51. The number of fused-ring (bicyclic) bond motifs is 1. The van der Waals surface area contributed by atoms with Gasteiger partial charge in [-0.1, -0.05) is 13.8 Å². The van der Waals surface area contributed by atoms with Crippen molar-refractivity contribution >= 4 is 29.0 Å². The van der Waals surface area contributed by atoms with Crippen LogP contribution in [0.4, 0.5) is 33.5 Å². The van der Waals surface area contributed by atoms with Gasteiger partial charge in [-0.2, -0.15) is 27.1 Å². The van der Waals surface area contributed by atoms with Crippen LogP contribution >= 0.6 is 0 Å². The van der Waals surface area contributed by atoms with Crippen LogP contribution in [-0.4, -0.2) is 91.6 Å². The minimum atomic E-state index is -4.65. The van der Waals surface area contributed by atoms with Gasteiger partial charge in [0.25, 0.3) is 5.91 Å². The second kappa shape index (κ2) is 13.8. The smallest absolute Gasteiger partial charge is 0.435 e. The van der Waals surface area contributed by atoms with Gasteiger partial charge in [-0.15, -0.1) is 0 Å². The maximum Gasteiger partial charge on any atom is 0.435 e. The maximum absolute atomic E-state index is 13.9. The summed E-state index contributed by atoms with van der Waals surface area (Å²) in [4.78, 5) is 34.5. The van der Waals surface area contributed by atoms with Gasteiger partial charge in [0.2, 0.25) is 0 Å². The number of carboxylic acids is 1. The highest BCUT2D eigenvalue weighted by atomic mass is 19.4. The fourth-order valence-corrected chi connectivity index (χ4v) is 5.76. The molecule has 1 amide bonds. The highest BCUT2D eigenvalue weighted by molar-refractivity contribution is 5.96. The number of amides is 1. The highest BCUT2D eigenvalue weighted by Crippen LogP contribution is 2.36. The van der Waals surface area contributed by atoms with Crippen LogP contribution in [0, 0.1) is 11.8 Å². The summed E-state index contributed by atoms with van der Waals surface area (Å²) in [5, 5.41) is 23.1. The fraction of sp³-hybridized carbons (Fsp3) is 0.452. The molecule has 4 aromatic rings. The molecule has 5 N–H and O–H groups in total. The quantitative estimate of drug-likeness (QED) is 0.122. The van der Waals surface area contributed by atoms with Gasteiger partial charge in [0.1, 0.15) is 0 Å². The molecule has 0 aliphatic carbocycles. The Hall–Kier alpha value is -4.64. The summed E-state index contributed by atoms with van der Waals surface area (Å²) >= 11 is 0. The third-order valence-corrected chi connectivity index (χ3v) is 8.51. The molecule has 1 saturated heterocycles. The molecule has 3 atom stereocenters. The number of nitrogens with zero attached hydrogens (tertiary/aromatic N) is 5. The van der Waals surface area contributed by atoms with E-state index < -0.39 is 35.7 Å². The van der Waals surface area contributed by atoms with Crippen LogP contribution < -0.4 is 16.0 Å². The van der Waals surface area contributed by atoms with Crippen molar-refractivity contribution in [2.75, 3.05) is 38.5 Å². The predicted molar refractivity (Wildman–Crippen MR) is 166 cm³/mol. The summed E-state index contributed by atoms with van der Waals surface area (Å²) < 4.78 is 69.6. The van der Waals surface area contributed by atoms with Crippen molar-refractivity contribution in [1.82, 2.24) is 40.1 Å². The molecule has 0 bridgehead atoms. The monoisotopic (exact) mass is 677 g/mol. The number of aryl methyl sites for hydroxylation is 1. The first kappa shape index (κ1) is 34.7. The Kier molecular flexibility index (Phi) is 10.0. The number of anilines is 2. The number of rotatable bonds is 14. The van der Waals surface area contributed by atoms with Gasteiger partial charge in [0.05, 0.1) is 23.5 Å². The van der Waals surface area contributed by atoms with Crippen molar-refractivity contribution in [1.29, 1.82) is 0 Å². The van der Waals surface area contributed by atoms with Crippen molar-refractivity contribution < 1.29 is 36.6 Å². The summed E-state index contributed by atoms with van der Waals surface area (Å²) in [6.07, 6.45) is 2.00. The molecule has 48 heavy (non-hydrogen) atoms. The number of H-pyrrole nitrogens is 1. The van der Waals surface area contributed by atoms with E-state index >= 15 is 0 Å². The molecule has 1 aliphatic rings. The van der Waals surface area contributed by atoms with E-state index in [0.29, 0.717) is 61.7 Å². The maximum atomic E-state index is 13.9. The number of benzene rings is 1. The van der Waals surface area contributed by atoms with Gasteiger partial charge < -0.3 is 26.0 Å². The Morgan fingerprint density at radius 2 is 1.98 bits per heavy atom. The number of imidazole rings is 1. The minimum Gasteiger partial charge on any atom is -0.477 e. The molecular formula is C31H36F5N9O3. The van der Waals surface area contributed by atoms with Crippen molar-refractivity contribution in [3.8, 4) is 11.3 Å². The van der Waals surface area contributed by atoms with E-state index in [9.17, 15) is 31.5 Å². The first-order valence-corrected chi connectivity index (χ1v) is 15.3. The van der Waals surface area contributed by atoms with Gasteiger partial charge in [-0.3, -0.25) is 14.3 Å². The molecule has 17 heteroatoms. The number of alkyl halides is 5. The zero-order valence-electron chi connectivity index (χ0n) is 26.4. The summed E-state index contributed by atoms with van der Waals surface area (Å²) in [6, 6.07) is 3.80. The molecule has 0 radical (unpaired) electrons. The van der Waals surface area contributed by atoms with E-state index in [1.807, 2.05) is 18.7 Å². The molecule has 1 fully saturated rings. The van der Waals surface area contributed by atoms with Crippen LogP contribution in [-0.2, 0) is 17.4 Å². The van der Waals surface area contributed by atoms with Crippen LogP contribution in [0.2, 0.25) is 0 Å². The third-order valence-electron chi connectivity index (χ3n) is 8.51. The number of aliphatic carboxylic acids is 1. The Balaban J connectivity index is 1.17. The first-order valence-electron chi connectivity index (χ1n) is 15.3. The Morgan fingerprint density at radius 1 is 1.21 bits per heavy atom. The second-order valence-corrected chi connectivity index (χ2v) is 12.0. The number of hydrogen-bond donors (Lipinski definition) is 5. The van der Waals surface area contributed by atoms with E-state index in [1.165, 1.54) is 23.0 Å². The van der Waals surface area contributed by atoms with Crippen molar-refractivity contribution in [3.63, 3.8) is 0 Å². The number of aromatic nitrogens is 5. The first-order chi connectivity index (χ1) is 22.7. The Labute approximate surface area is 272 Å². The molecule has 4 heterocycles. The van der Waals surface area contributed by atoms with Crippen molar-refractivity contribution in [2.45, 2.75) is 44.8 Å². The van der Waals surface area contributed by atoms with E-state index in [4.69, 9.17) is 5.11 Å². The summed E-state index contributed by atoms with van der Waals surface area (Å²) in [7, 11) is 1.80. The molecule has 12 nitrogen and oxygen atoms in total. The van der Waals surface area contributed by atoms with Crippen LogP contribution in [0.1, 0.15) is 41.9 Å². The van der Waals surface area contributed by atoms with E-state index in [-0.39, 0.29) is 23.1 Å². The lowest BCUT2D eigenvalue weighted by molar-refractivity contribution is -0.177. The largest absolute Gasteiger partial charge is 0.477 e. The molecule has 5 rings (SSSR count). The molecular weight excluding hydrogens is 641 g/mol. The zero-order valence-corrected chi connectivity index (χ0v) is 26.4.